The van der Waals surface area contributed by atoms with E-state index in [-0.39, 0.29) is 13.2 Å². The number of aliphatic hydroxyl groups is 2. The molecule has 0 saturated carbocycles. The van der Waals surface area contributed by atoms with Crippen LogP contribution in [0.2, 0.25) is 5.02 Å². The zero-order chi connectivity index (χ0) is 11.3. The van der Waals surface area contributed by atoms with Gasteiger partial charge in [0.05, 0.1) is 23.9 Å². The molecule has 0 spiro atoms. The first-order valence-electron chi connectivity index (χ1n) is 4.70. The van der Waals surface area contributed by atoms with Crippen LogP contribution in [0.15, 0.2) is 18.2 Å². The second kappa shape index (κ2) is 5.80. The Balaban J connectivity index is 2.89. The van der Waals surface area contributed by atoms with Crippen LogP contribution in [0.25, 0.3) is 0 Å². The average molecular weight is 231 g/mol. The lowest BCUT2D eigenvalue weighted by Crippen LogP contribution is -2.29. The van der Waals surface area contributed by atoms with Gasteiger partial charge in [0, 0.05) is 18.8 Å². The summed E-state index contributed by atoms with van der Waals surface area (Å²) in [4.78, 5) is 1.81. The predicted octanol–water partition coefficient (Wildman–Crippen LogP) is 0.713. The van der Waals surface area contributed by atoms with Gasteiger partial charge in [0.25, 0.3) is 0 Å². The van der Waals surface area contributed by atoms with Gasteiger partial charge in [-0.25, -0.2) is 0 Å². The van der Waals surface area contributed by atoms with Gasteiger partial charge in [0.15, 0.2) is 0 Å². The van der Waals surface area contributed by atoms with Crippen LogP contribution >= 0.6 is 11.6 Å². The highest BCUT2D eigenvalue weighted by Gasteiger charge is 2.09. The quantitative estimate of drug-likeness (QED) is 0.652. The Labute approximate surface area is 93.9 Å². The molecule has 0 heterocycles. The molecule has 1 rings (SSSR count). The van der Waals surface area contributed by atoms with E-state index in [2.05, 4.69) is 0 Å². The summed E-state index contributed by atoms with van der Waals surface area (Å²) in [5.41, 5.74) is 6.94. The van der Waals surface area contributed by atoms with E-state index in [0.717, 1.165) is 5.69 Å². The summed E-state index contributed by atoms with van der Waals surface area (Å²) in [6.07, 6.45) is 0. The average Bonchev–Trinajstić information content (AvgIpc) is 2.17. The molecule has 0 radical (unpaired) electrons. The van der Waals surface area contributed by atoms with E-state index in [1.165, 1.54) is 0 Å². The van der Waals surface area contributed by atoms with Gasteiger partial charge in [-0.1, -0.05) is 11.6 Å². The monoisotopic (exact) mass is 230 g/mol. The minimum Gasteiger partial charge on any atom is -0.399 e. The van der Waals surface area contributed by atoms with Crippen LogP contribution in [0.4, 0.5) is 11.4 Å². The third-order valence-electron chi connectivity index (χ3n) is 2.05. The molecule has 1 aromatic carbocycles. The molecule has 0 atom stereocenters. The third kappa shape index (κ3) is 3.27. The van der Waals surface area contributed by atoms with Crippen molar-refractivity contribution >= 4 is 23.0 Å². The zero-order valence-electron chi connectivity index (χ0n) is 8.36. The summed E-state index contributed by atoms with van der Waals surface area (Å²) in [5.74, 6) is 0. The molecule has 15 heavy (non-hydrogen) atoms. The molecule has 84 valence electrons. The molecule has 1 aromatic rings. The van der Waals surface area contributed by atoms with Crippen LogP contribution in [0, 0.1) is 0 Å². The van der Waals surface area contributed by atoms with Gasteiger partial charge in [-0.05, 0) is 18.2 Å². The molecular weight excluding hydrogens is 216 g/mol. The van der Waals surface area contributed by atoms with E-state index in [1.54, 1.807) is 18.2 Å². The Morgan fingerprint density at radius 1 is 1.20 bits per heavy atom. The minimum absolute atomic E-state index is 0.0146. The van der Waals surface area contributed by atoms with E-state index < -0.39 is 0 Å². The van der Waals surface area contributed by atoms with E-state index in [0.29, 0.717) is 23.8 Å². The largest absolute Gasteiger partial charge is 0.399 e. The predicted molar refractivity (Wildman–Crippen MR) is 62.2 cm³/mol. The number of anilines is 2. The van der Waals surface area contributed by atoms with Crippen molar-refractivity contribution in [1.29, 1.82) is 0 Å². The molecule has 0 aliphatic carbocycles. The topological polar surface area (TPSA) is 69.7 Å². The van der Waals surface area contributed by atoms with Crippen LogP contribution in [0.1, 0.15) is 0 Å². The molecule has 4 N–H and O–H groups in total. The third-order valence-corrected chi connectivity index (χ3v) is 2.35. The van der Waals surface area contributed by atoms with E-state index in [1.807, 2.05) is 4.90 Å². The SMILES string of the molecule is Nc1ccc(N(CCO)CCO)c(Cl)c1. The number of nitrogen functional groups attached to an aromatic ring is 1. The van der Waals surface area contributed by atoms with Crippen molar-refractivity contribution in [3.63, 3.8) is 0 Å². The number of halogens is 1. The van der Waals surface area contributed by atoms with E-state index in [9.17, 15) is 0 Å². The van der Waals surface area contributed by atoms with Crippen molar-refractivity contribution < 1.29 is 10.2 Å². The lowest BCUT2D eigenvalue weighted by molar-refractivity contribution is 0.281. The molecule has 4 nitrogen and oxygen atoms in total. The number of hydrogen-bond donors (Lipinski definition) is 3. The summed E-state index contributed by atoms with van der Waals surface area (Å²) in [7, 11) is 0. The molecule has 0 saturated heterocycles. The smallest absolute Gasteiger partial charge is 0.0660 e. The highest BCUT2D eigenvalue weighted by Crippen LogP contribution is 2.27. The maximum Gasteiger partial charge on any atom is 0.0660 e. The molecule has 0 aromatic heterocycles. The Hall–Kier alpha value is -0.970. The van der Waals surface area contributed by atoms with Crippen LogP contribution in [-0.2, 0) is 0 Å². The molecular formula is C10H15ClN2O2. The fourth-order valence-corrected chi connectivity index (χ4v) is 1.68. The molecule has 0 unspecified atom stereocenters. The van der Waals surface area contributed by atoms with Gasteiger partial charge in [-0.2, -0.15) is 0 Å². The number of nitrogens with two attached hydrogens (primary N) is 1. The van der Waals surface area contributed by atoms with Crippen molar-refractivity contribution in [2.75, 3.05) is 36.9 Å². The normalized spacial score (nSPS) is 10.3. The maximum absolute atomic E-state index is 8.88. The summed E-state index contributed by atoms with van der Waals surface area (Å²) in [6, 6.07) is 5.17. The zero-order valence-corrected chi connectivity index (χ0v) is 9.11. The Bertz CT molecular complexity index is 314. The van der Waals surface area contributed by atoms with Crippen molar-refractivity contribution in [3.05, 3.63) is 23.2 Å². The van der Waals surface area contributed by atoms with Crippen LogP contribution in [0.5, 0.6) is 0 Å². The van der Waals surface area contributed by atoms with Crippen molar-refractivity contribution in [1.82, 2.24) is 0 Å². The first-order valence-corrected chi connectivity index (χ1v) is 5.08. The summed E-state index contributed by atoms with van der Waals surface area (Å²) < 4.78 is 0. The van der Waals surface area contributed by atoms with Gasteiger partial charge in [0.2, 0.25) is 0 Å². The van der Waals surface area contributed by atoms with Crippen LogP contribution < -0.4 is 10.6 Å². The van der Waals surface area contributed by atoms with E-state index >= 15 is 0 Å². The fraction of sp³-hybridized carbons (Fsp3) is 0.400. The highest BCUT2D eigenvalue weighted by molar-refractivity contribution is 6.33. The number of hydrogen-bond acceptors (Lipinski definition) is 4. The van der Waals surface area contributed by atoms with Crippen molar-refractivity contribution in [3.8, 4) is 0 Å². The second-order valence-electron chi connectivity index (χ2n) is 3.15. The fourth-order valence-electron chi connectivity index (χ4n) is 1.37. The summed E-state index contributed by atoms with van der Waals surface area (Å²) >= 11 is 6.01. The molecule has 0 aliphatic heterocycles. The lowest BCUT2D eigenvalue weighted by atomic mass is 10.2. The molecule has 0 amide bonds. The Morgan fingerprint density at radius 3 is 2.27 bits per heavy atom. The number of aliphatic hydroxyl groups excluding tert-OH is 2. The molecule has 0 bridgehead atoms. The summed E-state index contributed by atoms with van der Waals surface area (Å²) in [5, 5.41) is 18.3. The van der Waals surface area contributed by atoms with Crippen molar-refractivity contribution in [2.45, 2.75) is 0 Å². The van der Waals surface area contributed by atoms with Gasteiger partial charge in [-0.3, -0.25) is 0 Å². The Morgan fingerprint density at radius 2 is 1.80 bits per heavy atom. The van der Waals surface area contributed by atoms with E-state index in [4.69, 9.17) is 27.5 Å². The van der Waals surface area contributed by atoms with Crippen LogP contribution in [0.3, 0.4) is 0 Å². The van der Waals surface area contributed by atoms with Gasteiger partial charge < -0.3 is 20.8 Å². The number of benzene rings is 1. The first kappa shape index (κ1) is 12.1. The van der Waals surface area contributed by atoms with Gasteiger partial charge in [0.1, 0.15) is 0 Å². The lowest BCUT2D eigenvalue weighted by Gasteiger charge is -2.24. The Kier molecular flexibility index (Phi) is 4.68. The van der Waals surface area contributed by atoms with Crippen LogP contribution in [-0.4, -0.2) is 36.5 Å². The number of nitrogens with zero attached hydrogens (tertiary/aromatic N) is 1. The standard InChI is InChI=1S/C10H15ClN2O2/c11-9-7-8(12)1-2-10(9)13(3-5-14)4-6-15/h1-2,7,14-15H,3-6,12H2. The summed E-state index contributed by atoms with van der Waals surface area (Å²) in [6.45, 7) is 0.899. The molecule has 0 aliphatic rings. The van der Waals surface area contributed by atoms with Gasteiger partial charge >= 0.3 is 0 Å². The maximum atomic E-state index is 8.88. The highest BCUT2D eigenvalue weighted by atomic mass is 35.5. The second-order valence-corrected chi connectivity index (χ2v) is 3.55. The number of rotatable bonds is 5. The first-order chi connectivity index (χ1) is 7.19. The molecule has 0 fully saturated rings. The minimum atomic E-state index is 0.0146. The van der Waals surface area contributed by atoms with Crippen molar-refractivity contribution in [2.24, 2.45) is 0 Å². The molecule has 5 heteroatoms. The van der Waals surface area contributed by atoms with Gasteiger partial charge in [-0.15, -0.1) is 0 Å².